The van der Waals surface area contributed by atoms with Crippen molar-refractivity contribution in [2.45, 2.75) is 0 Å². The lowest BCUT2D eigenvalue weighted by Crippen LogP contribution is -2.24. The van der Waals surface area contributed by atoms with Crippen molar-refractivity contribution in [1.82, 2.24) is 5.43 Å². The van der Waals surface area contributed by atoms with Crippen LogP contribution in [0.1, 0.15) is 15.9 Å². The molecule has 1 amide bonds. The number of ether oxygens (including phenoxy) is 3. The van der Waals surface area contributed by atoms with Crippen LogP contribution in [0.3, 0.4) is 0 Å². The molecule has 0 unspecified atom stereocenters. The van der Waals surface area contributed by atoms with Gasteiger partial charge in [-0.1, -0.05) is 46.3 Å². The molecule has 4 aromatic rings. The van der Waals surface area contributed by atoms with Gasteiger partial charge in [-0.2, -0.15) is 5.10 Å². The number of benzene rings is 4. The summed E-state index contributed by atoms with van der Waals surface area (Å²) in [4.78, 5) is 24.7. The lowest BCUT2D eigenvalue weighted by molar-refractivity contribution is -0.123. The number of carbonyl (C=O) groups excluding carboxylic acids is 2. The number of halogens is 1. The van der Waals surface area contributed by atoms with E-state index in [9.17, 15) is 9.59 Å². The van der Waals surface area contributed by atoms with E-state index in [2.05, 4.69) is 26.5 Å². The third kappa shape index (κ3) is 6.45. The fourth-order valence-electron chi connectivity index (χ4n) is 3.21. The van der Waals surface area contributed by atoms with Gasteiger partial charge in [-0.3, -0.25) is 4.79 Å². The molecule has 176 valence electrons. The van der Waals surface area contributed by atoms with Gasteiger partial charge >= 0.3 is 5.97 Å². The number of esters is 1. The molecule has 0 bridgehead atoms. The number of hydrogen-bond donors (Lipinski definition) is 1. The van der Waals surface area contributed by atoms with Crippen LogP contribution < -0.4 is 19.6 Å². The molecule has 7 nitrogen and oxygen atoms in total. The smallest absolute Gasteiger partial charge is 0.343 e. The van der Waals surface area contributed by atoms with Gasteiger partial charge in [0.15, 0.2) is 6.61 Å². The van der Waals surface area contributed by atoms with Gasteiger partial charge in [-0.15, -0.1) is 0 Å². The van der Waals surface area contributed by atoms with Crippen LogP contribution >= 0.6 is 15.9 Å². The number of nitrogens with zero attached hydrogens (tertiary/aromatic N) is 1. The summed E-state index contributed by atoms with van der Waals surface area (Å²) in [5.41, 5.74) is 3.29. The van der Waals surface area contributed by atoms with Gasteiger partial charge in [0, 0.05) is 10.0 Å². The third-order valence-electron chi connectivity index (χ3n) is 4.98. The number of fused-ring (bicyclic) bond motifs is 1. The number of hydrazone groups is 1. The van der Waals surface area contributed by atoms with Gasteiger partial charge in [-0.05, 0) is 65.4 Å². The molecule has 0 aliphatic heterocycles. The van der Waals surface area contributed by atoms with E-state index in [4.69, 9.17) is 14.2 Å². The molecule has 0 atom stereocenters. The monoisotopic (exact) mass is 532 g/mol. The van der Waals surface area contributed by atoms with Gasteiger partial charge < -0.3 is 14.2 Å². The Labute approximate surface area is 210 Å². The molecular weight excluding hydrogens is 512 g/mol. The number of amides is 1. The quantitative estimate of drug-likeness (QED) is 0.143. The van der Waals surface area contributed by atoms with E-state index in [0.29, 0.717) is 28.4 Å². The summed E-state index contributed by atoms with van der Waals surface area (Å²) in [6.07, 6.45) is 1.40. The minimum atomic E-state index is -0.530. The highest BCUT2D eigenvalue weighted by atomic mass is 79.9. The highest BCUT2D eigenvalue weighted by Crippen LogP contribution is 2.24. The highest BCUT2D eigenvalue weighted by Gasteiger charge is 2.12. The van der Waals surface area contributed by atoms with Crippen LogP contribution in [0.5, 0.6) is 17.2 Å². The van der Waals surface area contributed by atoms with Crippen LogP contribution in [0, 0.1) is 0 Å². The summed E-state index contributed by atoms with van der Waals surface area (Å²) >= 11 is 3.39. The maximum absolute atomic E-state index is 12.5. The first-order chi connectivity index (χ1) is 17.0. The minimum absolute atomic E-state index is 0.201. The first-order valence-electron chi connectivity index (χ1n) is 10.6. The molecule has 1 N–H and O–H groups in total. The number of carbonyl (C=O) groups is 2. The Kier molecular flexibility index (Phi) is 7.74. The highest BCUT2D eigenvalue weighted by molar-refractivity contribution is 9.10. The van der Waals surface area contributed by atoms with Crippen molar-refractivity contribution in [3.05, 3.63) is 101 Å². The largest absolute Gasteiger partial charge is 0.497 e. The average molecular weight is 533 g/mol. The molecule has 0 spiro atoms. The summed E-state index contributed by atoms with van der Waals surface area (Å²) in [5.74, 6) is 0.555. The van der Waals surface area contributed by atoms with Crippen molar-refractivity contribution < 1.29 is 23.8 Å². The van der Waals surface area contributed by atoms with Crippen LogP contribution in [0.25, 0.3) is 10.8 Å². The van der Waals surface area contributed by atoms with Crippen LogP contribution in [0.15, 0.2) is 94.5 Å². The molecule has 4 aromatic carbocycles. The lowest BCUT2D eigenvalue weighted by Gasteiger charge is -2.09. The fourth-order valence-corrected chi connectivity index (χ4v) is 3.59. The van der Waals surface area contributed by atoms with Gasteiger partial charge in [0.25, 0.3) is 5.91 Å². The van der Waals surface area contributed by atoms with Crippen LogP contribution in [-0.4, -0.2) is 31.8 Å². The molecule has 0 saturated carbocycles. The van der Waals surface area contributed by atoms with E-state index in [-0.39, 0.29) is 6.61 Å². The Balaban J connectivity index is 1.36. The van der Waals surface area contributed by atoms with Gasteiger partial charge in [0.2, 0.25) is 0 Å². The maximum atomic E-state index is 12.5. The molecule has 4 rings (SSSR count). The molecule has 0 saturated heterocycles. The molecule has 0 aliphatic carbocycles. The van der Waals surface area contributed by atoms with E-state index < -0.39 is 11.9 Å². The van der Waals surface area contributed by atoms with E-state index in [1.165, 1.54) is 6.21 Å². The SMILES string of the molecule is COc1ccc(C(=O)Oc2ccc(Br)cc2/C=N\NC(=O)COc2ccc3ccccc3c2)cc1. The Hall–Kier alpha value is -4.17. The zero-order chi connectivity index (χ0) is 24.6. The van der Waals surface area contributed by atoms with Crippen molar-refractivity contribution in [3.8, 4) is 17.2 Å². The van der Waals surface area contributed by atoms with E-state index in [1.807, 2.05) is 42.5 Å². The molecule has 35 heavy (non-hydrogen) atoms. The van der Waals surface area contributed by atoms with Crippen LogP contribution in [0.2, 0.25) is 0 Å². The van der Waals surface area contributed by atoms with Crippen molar-refractivity contribution in [2.75, 3.05) is 13.7 Å². The van der Waals surface area contributed by atoms with E-state index in [0.717, 1.165) is 15.2 Å². The van der Waals surface area contributed by atoms with E-state index in [1.54, 1.807) is 49.6 Å². The Morgan fingerprint density at radius 2 is 1.66 bits per heavy atom. The topological polar surface area (TPSA) is 86.2 Å². The predicted octanol–water partition coefficient (Wildman–Crippen LogP) is 5.36. The zero-order valence-electron chi connectivity index (χ0n) is 18.7. The number of methoxy groups -OCH3 is 1. The van der Waals surface area contributed by atoms with Crippen molar-refractivity contribution >= 4 is 44.8 Å². The second kappa shape index (κ2) is 11.3. The average Bonchev–Trinajstić information content (AvgIpc) is 2.88. The normalized spacial score (nSPS) is 10.8. The molecule has 8 heteroatoms. The number of hydrogen-bond acceptors (Lipinski definition) is 6. The first-order valence-corrected chi connectivity index (χ1v) is 11.4. The summed E-state index contributed by atoms with van der Waals surface area (Å²) < 4.78 is 17.0. The Morgan fingerprint density at radius 1 is 0.914 bits per heavy atom. The summed E-state index contributed by atoms with van der Waals surface area (Å²) in [6.45, 7) is -0.201. The molecule has 0 radical (unpaired) electrons. The third-order valence-corrected chi connectivity index (χ3v) is 5.48. The van der Waals surface area contributed by atoms with Gasteiger partial charge in [0.1, 0.15) is 17.2 Å². The minimum Gasteiger partial charge on any atom is -0.497 e. The predicted molar refractivity (Wildman–Crippen MR) is 137 cm³/mol. The Morgan fingerprint density at radius 3 is 2.43 bits per heavy atom. The van der Waals surface area contributed by atoms with Gasteiger partial charge in [-0.25, -0.2) is 10.2 Å². The summed E-state index contributed by atoms with van der Waals surface area (Å²) in [7, 11) is 1.55. The van der Waals surface area contributed by atoms with Crippen molar-refractivity contribution in [3.63, 3.8) is 0 Å². The second-order valence-electron chi connectivity index (χ2n) is 7.39. The lowest BCUT2D eigenvalue weighted by atomic mass is 10.1. The number of nitrogens with one attached hydrogen (secondary N) is 1. The molecular formula is C27H21BrN2O5. The molecule has 0 aliphatic rings. The fraction of sp³-hybridized carbons (Fsp3) is 0.0741. The van der Waals surface area contributed by atoms with Crippen LogP contribution in [0.4, 0.5) is 0 Å². The summed E-state index contributed by atoms with van der Waals surface area (Å²) in [6, 6.07) is 25.2. The first kappa shape index (κ1) is 24.0. The standard InChI is InChI=1S/C27H21BrN2O5/c1-33-23-10-7-19(8-11-23)27(32)35-25-13-9-22(28)14-21(25)16-29-30-26(31)17-34-24-12-6-18-4-2-3-5-20(18)15-24/h2-16H,17H2,1H3,(H,30,31)/b29-16-. The molecule has 0 fully saturated rings. The Bertz CT molecular complexity index is 1390. The van der Waals surface area contributed by atoms with Crippen molar-refractivity contribution in [1.29, 1.82) is 0 Å². The zero-order valence-corrected chi connectivity index (χ0v) is 20.3. The van der Waals surface area contributed by atoms with E-state index >= 15 is 0 Å². The molecule has 0 aromatic heterocycles. The summed E-state index contributed by atoms with van der Waals surface area (Å²) in [5, 5.41) is 6.09. The second-order valence-corrected chi connectivity index (χ2v) is 8.31. The number of rotatable bonds is 8. The molecule has 0 heterocycles. The van der Waals surface area contributed by atoms with Crippen LogP contribution in [-0.2, 0) is 4.79 Å². The maximum Gasteiger partial charge on any atom is 0.343 e. The van der Waals surface area contributed by atoms with Gasteiger partial charge in [0.05, 0.1) is 18.9 Å². The van der Waals surface area contributed by atoms with Crippen molar-refractivity contribution in [2.24, 2.45) is 5.10 Å².